The number of nitrogens with one attached hydrogen (secondary N) is 1. The highest BCUT2D eigenvalue weighted by molar-refractivity contribution is 5.94. The van der Waals surface area contributed by atoms with Crippen LogP contribution < -0.4 is 14.8 Å². The van der Waals surface area contributed by atoms with Gasteiger partial charge in [-0.1, -0.05) is 19.8 Å². The average molecular weight is 379 g/mol. The molecule has 2 N–H and O–H groups in total. The van der Waals surface area contributed by atoms with Crippen molar-refractivity contribution in [2.45, 2.75) is 45.6 Å². The molecule has 1 aromatic rings. The van der Waals surface area contributed by atoms with E-state index >= 15 is 0 Å². The summed E-state index contributed by atoms with van der Waals surface area (Å²) in [6.45, 7) is 4.84. The van der Waals surface area contributed by atoms with E-state index in [4.69, 9.17) is 19.3 Å². The highest BCUT2D eigenvalue weighted by Gasteiger charge is 2.21. The Balaban J connectivity index is 1.85. The highest BCUT2D eigenvalue weighted by atomic mass is 16.5. The number of carbonyl (C=O) groups excluding carboxylic acids is 1. The van der Waals surface area contributed by atoms with E-state index < -0.39 is 12.6 Å². The standard InChI is InChI=1S/C20H29NO6/c1-3-25-18-12-15(8-9-17(18)27-13-19(22)23)20(24)21-10-11-26-16-7-5-4-6-14(16)2/h8-9,12,14,16H,3-7,10-11,13H2,1-2H3,(H,21,24)(H,22,23). The molecular formula is C20H29NO6. The van der Waals surface area contributed by atoms with E-state index in [0.29, 0.717) is 42.7 Å². The zero-order valence-electron chi connectivity index (χ0n) is 16.0. The number of rotatable bonds is 10. The molecule has 7 heteroatoms. The molecule has 0 spiro atoms. The summed E-state index contributed by atoms with van der Waals surface area (Å²) in [6, 6.07) is 4.68. The minimum absolute atomic E-state index is 0.235. The largest absolute Gasteiger partial charge is 0.490 e. The maximum atomic E-state index is 12.3. The molecule has 0 aromatic heterocycles. The first kappa shape index (κ1) is 21.0. The summed E-state index contributed by atoms with van der Waals surface area (Å²) in [5.41, 5.74) is 0.423. The minimum Gasteiger partial charge on any atom is -0.490 e. The average Bonchev–Trinajstić information content (AvgIpc) is 2.65. The Hall–Kier alpha value is -2.28. The second-order valence-electron chi connectivity index (χ2n) is 6.70. The van der Waals surface area contributed by atoms with Crippen LogP contribution in [0.2, 0.25) is 0 Å². The van der Waals surface area contributed by atoms with E-state index in [1.165, 1.54) is 19.3 Å². The Morgan fingerprint density at radius 1 is 1.19 bits per heavy atom. The van der Waals surface area contributed by atoms with Crippen molar-refractivity contribution in [3.8, 4) is 11.5 Å². The Bertz CT molecular complexity index is 633. The molecule has 0 aliphatic heterocycles. The van der Waals surface area contributed by atoms with Gasteiger partial charge in [-0.3, -0.25) is 4.79 Å². The molecule has 2 rings (SSSR count). The lowest BCUT2D eigenvalue weighted by molar-refractivity contribution is -0.139. The Labute approximate surface area is 160 Å². The molecule has 27 heavy (non-hydrogen) atoms. The molecule has 0 radical (unpaired) electrons. The molecule has 2 atom stereocenters. The van der Waals surface area contributed by atoms with E-state index in [1.807, 2.05) is 0 Å². The van der Waals surface area contributed by atoms with Gasteiger partial charge in [-0.05, 0) is 43.9 Å². The summed E-state index contributed by atoms with van der Waals surface area (Å²) in [6.07, 6.45) is 5.05. The van der Waals surface area contributed by atoms with Gasteiger partial charge in [0.25, 0.3) is 5.91 Å². The third kappa shape index (κ3) is 6.75. The van der Waals surface area contributed by atoms with Crippen molar-refractivity contribution in [3.05, 3.63) is 23.8 Å². The van der Waals surface area contributed by atoms with Gasteiger partial charge in [-0.15, -0.1) is 0 Å². The normalized spacial score (nSPS) is 19.3. The summed E-state index contributed by atoms with van der Waals surface area (Å²) in [5, 5.41) is 11.6. The number of aliphatic carboxylic acids is 1. The third-order valence-electron chi connectivity index (χ3n) is 4.61. The topological polar surface area (TPSA) is 94.1 Å². The van der Waals surface area contributed by atoms with Crippen molar-refractivity contribution >= 4 is 11.9 Å². The summed E-state index contributed by atoms with van der Waals surface area (Å²) in [7, 11) is 0. The van der Waals surface area contributed by atoms with Gasteiger partial charge in [-0.2, -0.15) is 0 Å². The molecule has 1 aliphatic carbocycles. The fourth-order valence-corrected chi connectivity index (χ4v) is 3.18. The first-order valence-electron chi connectivity index (χ1n) is 9.52. The van der Waals surface area contributed by atoms with Crippen molar-refractivity contribution in [2.75, 3.05) is 26.4 Å². The predicted molar refractivity (Wildman–Crippen MR) is 100 cm³/mol. The van der Waals surface area contributed by atoms with Gasteiger partial charge in [0.2, 0.25) is 0 Å². The van der Waals surface area contributed by atoms with Crippen LogP contribution in [0.4, 0.5) is 0 Å². The van der Waals surface area contributed by atoms with Crippen LogP contribution in [-0.2, 0) is 9.53 Å². The van der Waals surface area contributed by atoms with Crippen molar-refractivity contribution in [1.29, 1.82) is 0 Å². The molecule has 7 nitrogen and oxygen atoms in total. The Kier molecular flexibility index (Phi) is 8.39. The van der Waals surface area contributed by atoms with Crippen LogP contribution in [0.25, 0.3) is 0 Å². The van der Waals surface area contributed by atoms with Gasteiger partial charge in [0.05, 0.1) is 19.3 Å². The maximum Gasteiger partial charge on any atom is 0.341 e. The second kappa shape index (κ2) is 10.8. The molecule has 0 bridgehead atoms. The van der Waals surface area contributed by atoms with E-state index in [-0.39, 0.29) is 12.0 Å². The van der Waals surface area contributed by atoms with Gasteiger partial charge in [0, 0.05) is 12.1 Å². The van der Waals surface area contributed by atoms with Crippen LogP contribution in [0.3, 0.4) is 0 Å². The highest BCUT2D eigenvalue weighted by Crippen LogP contribution is 2.28. The minimum atomic E-state index is -1.08. The smallest absolute Gasteiger partial charge is 0.341 e. The summed E-state index contributed by atoms with van der Waals surface area (Å²) < 4.78 is 16.5. The molecule has 1 aromatic carbocycles. The third-order valence-corrected chi connectivity index (χ3v) is 4.61. The number of carbonyl (C=O) groups is 2. The summed E-state index contributed by atoms with van der Waals surface area (Å²) in [5.74, 6) is -0.0989. The van der Waals surface area contributed by atoms with Crippen LogP contribution in [-0.4, -0.2) is 49.5 Å². The molecular weight excluding hydrogens is 350 g/mol. The van der Waals surface area contributed by atoms with Crippen molar-refractivity contribution < 1.29 is 28.9 Å². The van der Waals surface area contributed by atoms with E-state index in [0.717, 1.165) is 6.42 Å². The lowest BCUT2D eigenvalue weighted by Crippen LogP contribution is -2.31. The number of carboxylic acids is 1. The van der Waals surface area contributed by atoms with E-state index in [2.05, 4.69) is 12.2 Å². The predicted octanol–water partition coefficient (Wildman–Crippen LogP) is 2.87. The van der Waals surface area contributed by atoms with Crippen molar-refractivity contribution in [1.82, 2.24) is 5.32 Å². The number of carboxylic acid groups (broad SMARTS) is 1. The summed E-state index contributed by atoms with van der Waals surface area (Å²) >= 11 is 0. The number of ether oxygens (including phenoxy) is 3. The lowest BCUT2D eigenvalue weighted by Gasteiger charge is -2.28. The number of hydrogen-bond acceptors (Lipinski definition) is 5. The monoisotopic (exact) mass is 379 g/mol. The zero-order chi connectivity index (χ0) is 19.6. The van der Waals surface area contributed by atoms with Crippen LogP contribution in [0.15, 0.2) is 18.2 Å². The first-order valence-corrected chi connectivity index (χ1v) is 9.52. The fraction of sp³-hybridized carbons (Fsp3) is 0.600. The molecule has 1 fully saturated rings. The van der Waals surface area contributed by atoms with Crippen molar-refractivity contribution in [3.63, 3.8) is 0 Å². The lowest BCUT2D eigenvalue weighted by atomic mass is 9.88. The van der Waals surface area contributed by atoms with Gasteiger partial charge in [0.1, 0.15) is 0 Å². The summed E-state index contributed by atoms with van der Waals surface area (Å²) in [4.78, 5) is 23.0. The van der Waals surface area contributed by atoms with Crippen LogP contribution in [0.5, 0.6) is 11.5 Å². The van der Waals surface area contributed by atoms with Gasteiger partial charge < -0.3 is 24.6 Å². The van der Waals surface area contributed by atoms with E-state index in [9.17, 15) is 9.59 Å². The molecule has 1 saturated carbocycles. The van der Waals surface area contributed by atoms with Gasteiger partial charge >= 0.3 is 5.97 Å². The number of benzene rings is 1. The maximum absolute atomic E-state index is 12.3. The van der Waals surface area contributed by atoms with Crippen LogP contribution in [0.1, 0.15) is 49.9 Å². The number of hydrogen-bond donors (Lipinski definition) is 2. The van der Waals surface area contributed by atoms with Crippen LogP contribution >= 0.6 is 0 Å². The van der Waals surface area contributed by atoms with Crippen molar-refractivity contribution in [2.24, 2.45) is 5.92 Å². The quantitative estimate of drug-likeness (QED) is 0.607. The Morgan fingerprint density at radius 3 is 2.67 bits per heavy atom. The molecule has 1 aliphatic rings. The van der Waals surface area contributed by atoms with Gasteiger partial charge in [0.15, 0.2) is 18.1 Å². The molecule has 0 saturated heterocycles. The second-order valence-corrected chi connectivity index (χ2v) is 6.70. The van der Waals surface area contributed by atoms with Crippen LogP contribution in [0, 0.1) is 5.92 Å². The Morgan fingerprint density at radius 2 is 1.96 bits per heavy atom. The SMILES string of the molecule is CCOc1cc(C(=O)NCCOC2CCCCC2C)ccc1OCC(=O)O. The van der Waals surface area contributed by atoms with Gasteiger partial charge in [-0.25, -0.2) is 4.79 Å². The molecule has 0 heterocycles. The molecule has 150 valence electrons. The zero-order valence-corrected chi connectivity index (χ0v) is 16.0. The van der Waals surface area contributed by atoms with E-state index in [1.54, 1.807) is 25.1 Å². The fourth-order valence-electron chi connectivity index (χ4n) is 3.18. The number of amides is 1. The molecule has 2 unspecified atom stereocenters. The molecule has 1 amide bonds. The first-order chi connectivity index (χ1) is 13.0.